The van der Waals surface area contributed by atoms with Crippen LogP contribution in [0.2, 0.25) is 0 Å². The quantitative estimate of drug-likeness (QED) is 0.515. The largest absolute Gasteiger partial charge is 0.480 e. The van der Waals surface area contributed by atoms with E-state index in [1.807, 2.05) is 30.3 Å². The van der Waals surface area contributed by atoms with Crippen LogP contribution in [0.3, 0.4) is 0 Å². The number of carboxylic acid groups (broad SMARTS) is 1. The first-order chi connectivity index (χ1) is 16.3. The lowest BCUT2D eigenvalue weighted by atomic mass is 9.99. The number of carbonyl (C=O) groups excluding carboxylic acids is 2. The molecular formula is C25H25N5O4. The molecule has 4 rings (SSSR count). The molecule has 9 nitrogen and oxygen atoms in total. The Bertz CT molecular complexity index is 1250. The zero-order valence-electron chi connectivity index (χ0n) is 18.7. The Hall–Kier alpha value is -4.27. The van der Waals surface area contributed by atoms with Crippen molar-refractivity contribution in [1.29, 1.82) is 0 Å². The molecule has 1 saturated heterocycles. The maximum absolute atomic E-state index is 13.2. The lowest BCUT2D eigenvalue weighted by molar-refractivity contribution is -0.147. The SMILES string of the molecule is C[C@@]1(C(=O)O)CCCN1C(=O)c1nc(-c2cccc(C(=O)NCc3ccccc3)c2)cnc1N. The number of likely N-dealkylation sites (tertiary alicyclic amines) is 1. The Labute approximate surface area is 196 Å². The molecule has 1 fully saturated rings. The first-order valence-corrected chi connectivity index (χ1v) is 10.9. The van der Waals surface area contributed by atoms with Gasteiger partial charge in [0, 0.05) is 24.2 Å². The van der Waals surface area contributed by atoms with Crippen molar-refractivity contribution in [2.24, 2.45) is 0 Å². The van der Waals surface area contributed by atoms with Gasteiger partial charge in [0.05, 0.1) is 11.9 Å². The lowest BCUT2D eigenvalue weighted by Crippen LogP contribution is -2.51. The standard InChI is InChI=1S/C25H25N5O4/c1-25(24(33)34)11-6-12-30(25)23(32)20-21(26)27-15-19(29-20)17-9-5-10-18(13-17)22(31)28-14-16-7-3-2-4-8-16/h2-5,7-10,13,15H,6,11-12,14H2,1H3,(H2,26,27)(H,28,31)(H,33,34)/t25-/m0/s1. The van der Waals surface area contributed by atoms with Crippen molar-refractivity contribution in [1.82, 2.24) is 20.2 Å². The molecule has 0 unspecified atom stereocenters. The Morgan fingerprint density at radius 3 is 2.65 bits per heavy atom. The van der Waals surface area contributed by atoms with Gasteiger partial charge in [-0.3, -0.25) is 9.59 Å². The minimum Gasteiger partial charge on any atom is -0.480 e. The van der Waals surface area contributed by atoms with Gasteiger partial charge in [0.25, 0.3) is 11.8 Å². The minimum absolute atomic E-state index is 0.0786. The van der Waals surface area contributed by atoms with Crippen molar-refractivity contribution in [3.63, 3.8) is 0 Å². The molecule has 2 heterocycles. The summed E-state index contributed by atoms with van der Waals surface area (Å²) in [6.45, 7) is 2.21. The van der Waals surface area contributed by atoms with E-state index in [0.29, 0.717) is 42.8 Å². The van der Waals surface area contributed by atoms with Gasteiger partial charge < -0.3 is 21.1 Å². The van der Waals surface area contributed by atoms with Crippen molar-refractivity contribution in [2.45, 2.75) is 31.8 Å². The monoisotopic (exact) mass is 459 g/mol. The third kappa shape index (κ3) is 4.45. The fourth-order valence-electron chi connectivity index (χ4n) is 4.03. The summed E-state index contributed by atoms with van der Waals surface area (Å²) in [5.41, 5.74) is 6.86. The molecule has 3 aromatic rings. The van der Waals surface area contributed by atoms with Crippen molar-refractivity contribution in [3.8, 4) is 11.3 Å². The second kappa shape index (κ2) is 9.30. The molecule has 1 aromatic heterocycles. The summed E-state index contributed by atoms with van der Waals surface area (Å²) >= 11 is 0. The van der Waals surface area contributed by atoms with Crippen molar-refractivity contribution in [3.05, 3.63) is 77.6 Å². The number of aliphatic carboxylic acids is 1. The molecule has 0 bridgehead atoms. The number of benzene rings is 2. The molecule has 1 aliphatic rings. The number of amides is 2. The molecule has 2 amide bonds. The smallest absolute Gasteiger partial charge is 0.329 e. The molecule has 0 saturated carbocycles. The van der Waals surface area contributed by atoms with E-state index in [2.05, 4.69) is 15.3 Å². The molecule has 1 atom stereocenters. The first-order valence-electron chi connectivity index (χ1n) is 10.9. The van der Waals surface area contributed by atoms with Crippen LogP contribution in [0, 0.1) is 0 Å². The van der Waals surface area contributed by atoms with Crippen molar-refractivity contribution >= 4 is 23.6 Å². The summed E-state index contributed by atoms with van der Waals surface area (Å²) in [6, 6.07) is 16.4. The van der Waals surface area contributed by atoms with Gasteiger partial charge in [-0.25, -0.2) is 14.8 Å². The lowest BCUT2D eigenvalue weighted by Gasteiger charge is -2.31. The molecule has 0 radical (unpaired) electrons. The van der Waals surface area contributed by atoms with Crippen LogP contribution in [0.4, 0.5) is 5.82 Å². The molecule has 34 heavy (non-hydrogen) atoms. The number of carbonyl (C=O) groups is 3. The minimum atomic E-state index is -1.32. The fraction of sp³-hybridized carbons (Fsp3) is 0.240. The van der Waals surface area contributed by atoms with Crippen molar-refractivity contribution in [2.75, 3.05) is 12.3 Å². The number of rotatable bonds is 6. The van der Waals surface area contributed by atoms with Crippen LogP contribution >= 0.6 is 0 Å². The second-order valence-corrected chi connectivity index (χ2v) is 8.38. The topological polar surface area (TPSA) is 139 Å². The fourth-order valence-corrected chi connectivity index (χ4v) is 4.03. The highest BCUT2D eigenvalue weighted by Gasteiger charge is 2.46. The van der Waals surface area contributed by atoms with Gasteiger partial charge in [0.1, 0.15) is 5.54 Å². The number of hydrogen-bond donors (Lipinski definition) is 3. The molecule has 0 spiro atoms. The number of nitrogens with zero attached hydrogens (tertiary/aromatic N) is 3. The highest BCUT2D eigenvalue weighted by molar-refractivity contribution is 6.00. The maximum atomic E-state index is 13.2. The summed E-state index contributed by atoms with van der Waals surface area (Å²) in [6.07, 6.45) is 2.34. The van der Waals surface area contributed by atoms with Gasteiger partial charge in [0.2, 0.25) is 0 Å². The van der Waals surface area contributed by atoms with Gasteiger partial charge in [-0.05, 0) is 37.5 Å². The van der Waals surface area contributed by atoms with Gasteiger partial charge in [-0.2, -0.15) is 0 Å². The van der Waals surface area contributed by atoms with Crippen LogP contribution in [0.15, 0.2) is 60.8 Å². The average molecular weight is 460 g/mol. The summed E-state index contributed by atoms with van der Waals surface area (Å²) in [4.78, 5) is 47.4. The predicted molar refractivity (Wildman–Crippen MR) is 126 cm³/mol. The highest BCUT2D eigenvalue weighted by atomic mass is 16.4. The van der Waals surface area contributed by atoms with E-state index in [4.69, 9.17) is 5.73 Å². The summed E-state index contributed by atoms with van der Waals surface area (Å²) in [5, 5.41) is 12.5. The molecule has 0 aliphatic carbocycles. The van der Waals surface area contributed by atoms with Gasteiger partial charge in [-0.1, -0.05) is 42.5 Å². The van der Waals surface area contributed by atoms with Crippen LogP contribution in [-0.2, 0) is 11.3 Å². The van der Waals surface area contributed by atoms with Crippen LogP contribution in [-0.4, -0.2) is 49.8 Å². The number of hydrogen-bond acceptors (Lipinski definition) is 6. The van der Waals surface area contributed by atoms with Crippen LogP contribution in [0.5, 0.6) is 0 Å². The Morgan fingerprint density at radius 2 is 1.91 bits per heavy atom. The summed E-state index contributed by atoms with van der Waals surface area (Å²) in [5.74, 6) is -1.98. The van der Waals surface area contributed by atoms with Crippen LogP contribution in [0.25, 0.3) is 11.3 Å². The summed E-state index contributed by atoms with van der Waals surface area (Å²) in [7, 11) is 0. The van der Waals surface area contributed by atoms with E-state index in [-0.39, 0.29) is 17.4 Å². The number of carboxylic acids is 1. The Balaban J connectivity index is 1.57. The van der Waals surface area contributed by atoms with Gasteiger partial charge in [0.15, 0.2) is 11.5 Å². The molecular weight excluding hydrogens is 434 g/mol. The predicted octanol–water partition coefficient (Wildman–Crippen LogP) is 2.74. The third-order valence-corrected chi connectivity index (χ3v) is 6.07. The second-order valence-electron chi connectivity index (χ2n) is 8.38. The molecule has 9 heteroatoms. The van der Waals surface area contributed by atoms with Crippen LogP contribution < -0.4 is 11.1 Å². The molecule has 174 valence electrons. The van der Waals surface area contributed by atoms with E-state index in [1.54, 1.807) is 24.3 Å². The summed E-state index contributed by atoms with van der Waals surface area (Å²) < 4.78 is 0. The van der Waals surface area contributed by atoms with Crippen LogP contribution in [0.1, 0.15) is 46.2 Å². The normalized spacial score (nSPS) is 17.4. The maximum Gasteiger partial charge on any atom is 0.329 e. The number of anilines is 1. The van der Waals surface area contributed by atoms with E-state index in [1.165, 1.54) is 18.0 Å². The molecule has 1 aliphatic heterocycles. The molecule has 2 aromatic carbocycles. The van der Waals surface area contributed by atoms with E-state index in [0.717, 1.165) is 5.56 Å². The van der Waals surface area contributed by atoms with Gasteiger partial charge >= 0.3 is 5.97 Å². The third-order valence-electron chi connectivity index (χ3n) is 6.07. The number of nitrogen functional groups attached to an aromatic ring is 1. The highest BCUT2D eigenvalue weighted by Crippen LogP contribution is 2.31. The average Bonchev–Trinajstić information content (AvgIpc) is 3.26. The number of aromatic nitrogens is 2. The van der Waals surface area contributed by atoms with E-state index >= 15 is 0 Å². The zero-order valence-corrected chi connectivity index (χ0v) is 18.7. The first kappa shape index (κ1) is 22.9. The number of nitrogens with two attached hydrogens (primary N) is 1. The molecule has 4 N–H and O–H groups in total. The Kier molecular flexibility index (Phi) is 6.27. The Morgan fingerprint density at radius 1 is 1.15 bits per heavy atom. The van der Waals surface area contributed by atoms with Gasteiger partial charge in [-0.15, -0.1) is 0 Å². The zero-order chi connectivity index (χ0) is 24.3. The van der Waals surface area contributed by atoms with Crippen molar-refractivity contribution < 1.29 is 19.5 Å². The number of nitrogens with one attached hydrogen (secondary N) is 1. The van der Waals surface area contributed by atoms with E-state index < -0.39 is 17.4 Å². The van der Waals surface area contributed by atoms with E-state index in [9.17, 15) is 19.5 Å².